The van der Waals surface area contributed by atoms with E-state index >= 15 is 0 Å². The van der Waals surface area contributed by atoms with Gasteiger partial charge in [0.1, 0.15) is 0 Å². The molecule has 1 unspecified atom stereocenters. The minimum atomic E-state index is -0.119. The number of unbranched alkanes of at least 4 members (excludes halogenated alkanes) is 2. The first-order chi connectivity index (χ1) is 7.74. The maximum Gasteiger partial charge on any atom is 0.0543 e. The molecular weight excluding hydrogens is 196 g/mol. The average molecular weight is 220 g/mol. The van der Waals surface area contributed by atoms with Crippen LogP contribution in [0.25, 0.3) is 0 Å². The van der Waals surface area contributed by atoms with Gasteiger partial charge in [-0.25, -0.2) is 0 Å². The normalized spacial score (nSPS) is 12.7. The highest BCUT2D eigenvalue weighted by molar-refractivity contribution is 5.25. The number of aliphatic hydroxyl groups is 1. The molecular formula is C15H24O. The Labute approximate surface area is 99.5 Å². The Hall–Kier alpha value is -0.820. The Morgan fingerprint density at radius 3 is 2.56 bits per heavy atom. The molecule has 0 amide bonds. The van der Waals surface area contributed by atoms with E-state index in [0.717, 1.165) is 25.7 Å². The highest BCUT2D eigenvalue weighted by Gasteiger charge is 2.05. The number of benzene rings is 1. The summed E-state index contributed by atoms with van der Waals surface area (Å²) in [5, 5.41) is 9.83. The zero-order valence-electron chi connectivity index (χ0n) is 10.6. The second kappa shape index (κ2) is 7.45. The first-order valence-corrected chi connectivity index (χ1v) is 6.46. The summed E-state index contributed by atoms with van der Waals surface area (Å²) in [6.07, 6.45) is 6.36. The molecule has 1 aromatic carbocycles. The van der Waals surface area contributed by atoms with Crippen LogP contribution < -0.4 is 0 Å². The topological polar surface area (TPSA) is 20.2 Å². The van der Waals surface area contributed by atoms with E-state index in [1.165, 1.54) is 24.0 Å². The van der Waals surface area contributed by atoms with Gasteiger partial charge in [-0.05, 0) is 37.3 Å². The van der Waals surface area contributed by atoms with E-state index in [-0.39, 0.29) is 6.10 Å². The quantitative estimate of drug-likeness (QED) is 0.692. The number of rotatable bonds is 7. The van der Waals surface area contributed by atoms with Crippen LogP contribution >= 0.6 is 0 Å². The molecule has 0 aromatic heterocycles. The molecule has 16 heavy (non-hydrogen) atoms. The molecule has 0 fully saturated rings. The fourth-order valence-electron chi connectivity index (χ4n) is 1.99. The predicted molar refractivity (Wildman–Crippen MR) is 69.6 cm³/mol. The molecule has 0 saturated carbocycles. The molecule has 0 bridgehead atoms. The molecule has 0 radical (unpaired) electrons. The largest absolute Gasteiger partial charge is 0.393 e. The van der Waals surface area contributed by atoms with Gasteiger partial charge in [-0.2, -0.15) is 0 Å². The fraction of sp³-hybridized carbons (Fsp3) is 0.600. The number of aliphatic hydroxyl groups excluding tert-OH is 1. The Balaban J connectivity index is 2.26. The second-order valence-corrected chi connectivity index (χ2v) is 4.61. The maximum atomic E-state index is 9.83. The lowest BCUT2D eigenvalue weighted by Crippen LogP contribution is -2.08. The van der Waals surface area contributed by atoms with Crippen LogP contribution in [0.4, 0.5) is 0 Å². The Morgan fingerprint density at radius 2 is 1.88 bits per heavy atom. The Kier molecular flexibility index (Phi) is 6.17. The van der Waals surface area contributed by atoms with E-state index in [0.29, 0.717) is 0 Å². The number of aryl methyl sites for hydroxylation is 2. The molecule has 0 heterocycles. The minimum Gasteiger partial charge on any atom is -0.393 e. The van der Waals surface area contributed by atoms with Crippen LogP contribution in [0.1, 0.15) is 50.2 Å². The van der Waals surface area contributed by atoms with Crippen LogP contribution in [-0.4, -0.2) is 11.2 Å². The molecule has 1 aromatic rings. The van der Waals surface area contributed by atoms with Gasteiger partial charge in [0.05, 0.1) is 6.10 Å². The summed E-state index contributed by atoms with van der Waals surface area (Å²) >= 11 is 0. The van der Waals surface area contributed by atoms with Crippen LogP contribution in [0.3, 0.4) is 0 Å². The first-order valence-electron chi connectivity index (χ1n) is 6.46. The minimum absolute atomic E-state index is 0.119. The standard InChI is InChI=1S/C15H24O/c1-3-4-5-10-15(16)12-11-14-9-7-6-8-13(14)2/h6-9,15-16H,3-5,10-12H2,1-2H3. The Morgan fingerprint density at radius 1 is 1.12 bits per heavy atom. The lowest BCUT2D eigenvalue weighted by molar-refractivity contribution is 0.151. The zero-order chi connectivity index (χ0) is 11.8. The van der Waals surface area contributed by atoms with Crippen molar-refractivity contribution in [2.45, 2.75) is 58.5 Å². The van der Waals surface area contributed by atoms with Crippen molar-refractivity contribution in [3.05, 3.63) is 35.4 Å². The molecule has 0 spiro atoms. The summed E-state index contributed by atoms with van der Waals surface area (Å²) in [5.41, 5.74) is 2.71. The van der Waals surface area contributed by atoms with Crippen molar-refractivity contribution >= 4 is 0 Å². The van der Waals surface area contributed by atoms with Crippen molar-refractivity contribution in [2.75, 3.05) is 0 Å². The van der Waals surface area contributed by atoms with Crippen molar-refractivity contribution in [1.82, 2.24) is 0 Å². The van der Waals surface area contributed by atoms with E-state index in [4.69, 9.17) is 0 Å². The summed E-state index contributed by atoms with van der Waals surface area (Å²) in [6, 6.07) is 8.44. The van der Waals surface area contributed by atoms with Crippen LogP contribution in [-0.2, 0) is 6.42 Å². The van der Waals surface area contributed by atoms with E-state index in [1.54, 1.807) is 0 Å². The van der Waals surface area contributed by atoms with Gasteiger partial charge in [-0.15, -0.1) is 0 Å². The van der Waals surface area contributed by atoms with Crippen molar-refractivity contribution in [1.29, 1.82) is 0 Å². The molecule has 0 aliphatic carbocycles. The third-order valence-electron chi connectivity index (χ3n) is 3.15. The van der Waals surface area contributed by atoms with Crippen molar-refractivity contribution in [2.24, 2.45) is 0 Å². The lowest BCUT2D eigenvalue weighted by atomic mass is 10.00. The second-order valence-electron chi connectivity index (χ2n) is 4.61. The molecule has 1 atom stereocenters. The van der Waals surface area contributed by atoms with Crippen molar-refractivity contribution in [3.8, 4) is 0 Å². The Bertz CT molecular complexity index is 293. The van der Waals surface area contributed by atoms with Gasteiger partial charge in [0.2, 0.25) is 0 Å². The molecule has 1 N–H and O–H groups in total. The van der Waals surface area contributed by atoms with Crippen LogP contribution in [0.2, 0.25) is 0 Å². The third-order valence-corrected chi connectivity index (χ3v) is 3.15. The number of hydrogen-bond donors (Lipinski definition) is 1. The zero-order valence-corrected chi connectivity index (χ0v) is 10.6. The highest BCUT2D eigenvalue weighted by atomic mass is 16.3. The molecule has 0 aliphatic rings. The van der Waals surface area contributed by atoms with Crippen molar-refractivity contribution in [3.63, 3.8) is 0 Å². The van der Waals surface area contributed by atoms with Gasteiger partial charge in [-0.1, -0.05) is 50.5 Å². The van der Waals surface area contributed by atoms with E-state index in [2.05, 4.69) is 38.1 Å². The molecule has 0 aliphatic heterocycles. The summed E-state index contributed by atoms with van der Waals surface area (Å²) in [5.74, 6) is 0. The maximum absolute atomic E-state index is 9.83. The van der Waals surface area contributed by atoms with Crippen molar-refractivity contribution < 1.29 is 5.11 Å². The van der Waals surface area contributed by atoms with Gasteiger partial charge in [0.25, 0.3) is 0 Å². The van der Waals surface area contributed by atoms with Crippen LogP contribution in [0, 0.1) is 6.92 Å². The smallest absolute Gasteiger partial charge is 0.0543 e. The van der Waals surface area contributed by atoms with E-state index < -0.39 is 0 Å². The van der Waals surface area contributed by atoms with Gasteiger partial charge in [-0.3, -0.25) is 0 Å². The van der Waals surface area contributed by atoms with Gasteiger partial charge >= 0.3 is 0 Å². The average Bonchev–Trinajstić information content (AvgIpc) is 2.28. The van der Waals surface area contributed by atoms with Crippen LogP contribution in [0.15, 0.2) is 24.3 Å². The summed E-state index contributed by atoms with van der Waals surface area (Å²) in [7, 11) is 0. The van der Waals surface area contributed by atoms with Crippen LogP contribution in [0.5, 0.6) is 0 Å². The monoisotopic (exact) mass is 220 g/mol. The molecule has 1 heteroatoms. The predicted octanol–water partition coefficient (Wildman–Crippen LogP) is 3.87. The van der Waals surface area contributed by atoms with Gasteiger partial charge in [0, 0.05) is 0 Å². The highest BCUT2D eigenvalue weighted by Crippen LogP contribution is 2.13. The lowest BCUT2D eigenvalue weighted by Gasteiger charge is -2.11. The van der Waals surface area contributed by atoms with Gasteiger partial charge in [0.15, 0.2) is 0 Å². The fourth-order valence-corrected chi connectivity index (χ4v) is 1.99. The SMILES string of the molecule is CCCCCC(O)CCc1ccccc1C. The van der Waals surface area contributed by atoms with Gasteiger partial charge < -0.3 is 5.11 Å². The molecule has 1 nitrogen and oxygen atoms in total. The third kappa shape index (κ3) is 4.80. The molecule has 1 rings (SSSR count). The number of hydrogen-bond acceptors (Lipinski definition) is 1. The first kappa shape index (κ1) is 13.2. The summed E-state index contributed by atoms with van der Waals surface area (Å²) in [4.78, 5) is 0. The molecule has 0 saturated heterocycles. The summed E-state index contributed by atoms with van der Waals surface area (Å²) < 4.78 is 0. The summed E-state index contributed by atoms with van der Waals surface area (Å²) in [6.45, 7) is 4.33. The molecule has 90 valence electrons. The van der Waals surface area contributed by atoms with E-state index in [9.17, 15) is 5.11 Å². The van der Waals surface area contributed by atoms with E-state index in [1.807, 2.05) is 0 Å².